The summed E-state index contributed by atoms with van der Waals surface area (Å²) < 4.78 is 48.6. The molecule has 0 radical (unpaired) electrons. The number of fused-ring (bicyclic) bond motifs is 1. The Hall–Kier alpha value is -1.77. The average Bonchev–Trinajstić information content (AvgIpc) is 3.10. The number of nitrogens with zero attached hydrogens (tertiary/aromatic N) is 2. The Morgan fingerprint density at radius 2 is 2.07 bits per heavy atom. The molecule has 30 heavy (non-hydrogen) atoms. The molecule has 1 amide bonds. The molecule has 0 spiro atoms. The zero-order valence-electron chi connectivity index (χ0n) is 16.6. The van der Waals surface area contributed by atoms with Gasteiger partial charge in [0.1, 0.15) is 8.42 Å². The van der Waals surface area contributed by atoms with Crippen LogP contribution in [0.25, 0.3) is 0 Å². The highest BCUT2D eigenvalue weighted by atomic mass is 32.3. The Balaban J connectivity index is 2.19. The third-order valence-corrected chi connectivity index (χ3v) is 10.3. The second-order valence-electron chi connectivity index (χ2n) is 7.01. The molecule has 14 heteroatoms. The first-order valence-electron chi connectivity index (χ1n) is 9.36. The van der Waals surface area contributed by atoms with E-state index in [1.807, 2.05) is 0 Å². The van der Waals surface area contributed by atoms with Gasteiger partial charge in [-0.15, -0.1) is 21.5 Å². The minimum atomic E-state index is -4.08. The Morgan fingerprint density at radius 3 is 2.63 bits per heavy atom. The summed E-state index contributed by atoms with van der Waals surface area (Å²) in [6.45, 7) is 3.59. The number of primary sulfonamides is 1. The van der Waals surface area contributed by atoms with Gasteiger partial charge in [0.05, 0.1) is 17.9 Å². The number of sulfonamides is 1. The van der Waals surface area contributed by atoms with E-state index in [0.717, 1.165) is 0 Å². The van der Waals surface area contributed by atoms with E-state index in [1.165, 1.54) is 13.0 Å². The van der Waals surface area contributed by atoms with Crippen molar-refractivity contribution in [1.82, 2.24) is 4.90 Å². The predicted octanol–water partition coefficient (Wildman–Crippen LogP) is 1.62. The van der Waals surface area contributed by atoms with Gasteiger partial charge in [-0.1, -0.05) is 6.42 Å². The summed E-state index contributed by atoms with van der Waals surface area (Å²) in [4.78, 5) is 28.7. The van der Waals surface area contributed by atoms with Crippen LogP contribution in [-0.2, 0) is 29.5 Å². The van der Waals surface area contributed by atoms with Crippen molar-refractivity contribution in [3.63, 3.8) is 0 Å². The van der Waals surface area contributed by atoms with Crippen LogP contribution in [0.3, 0.4) is 0 Å². The van der Waals surface area contributed by atoms with E-state index >= 15 is 0 Å². The lowest BCUT2D eigenvalue weighted by molar-refractivity contribution is -0.757. The molecule has 0 aliphatic carbocycles. The van der Waals surface area contributed by atoms with Crippen LogP contribution >= 0.6 is 11.3 Å². The first-order chi connectivity index (χ1) is 13.9. The molecule has 1 aromatic heterocycles. The molecule has 0 saturated carbocycles. The minimum absolute atomic E-state index is 0.0364. The molecule has 1 aromatic rings. The monoisotopic (exact) mass is 483 g/mol. The van der Waals surface area contributed by atoms with Gasteiger partial charge in [-0.3, -0.25) is 4.79 Å². The first kappa shape index (κ1) is 24.5. The normalized spacial score (nSPS) is 20.4. The summed E-state index contributed by atoms with van der Waals surface area (Å²) in [7, 11) is -7.78. The molecule has 0 saturated heterocycles. The van der Waals surface area contributed by atoms with Crippen LogP contribution in [-0.4, -0.2) is 51.1 Å². The average molecular weight is 484 g/mol. The number of thiophene rings is 1. The molecule has 0 bridgehead atoms. The summed E-state index contributed by atoms with van der Waals surface area (Å²) in [5.74, 6) is -0.196. The van der Waals surface area contributed by atoms with Gasteiger partial charge in [0.2, 0.25) is 15.9 Å². The van der Waals surface area contributed by atoms with Gasteiger partial charge in [0, 0.05) is 18.5 Å². The lowest BCUT2D eigenvalue weighted by atomic mass is 10.0. The van der Waals surface area contributed by atoms with Crippen molar-refractivity contribution >= 4 is 37.1 Å². The van der Waals surface area contributed by atoms with Gasteiger partial charge in [0.25, 0.3) is 5.09 Å². The number of hydrogen-bond donors (Lipinski definition) is 1. The van der Waals surface area contributed by atoms with Gasteiger partial charge in [-0.2, -0.15) is 0 Å². The number of sulfone groups is 1. The van der Waals surface area contributed by atoms with Gasteiger partial charge >= 0.3 is 0 Å². The SMILES string of the molecule is CCN(C(=O)CCCCCO[N+](=O)[O-])C1CC(C)S(=O)(=O)c2sc(S(N)(=O)=O)cc21. The number of unbranched alkanes of at least 4 members (excludes halogenated alkanes) is 2. The maximum atomic E-state index is 12.8. The van der Waals surface area contributed by atoms with Crippen LogP contribution in [0.15, 0.2) is 14.5 Å². The number of hydrogen-bond acceptors (Lipinski definition) is 9. The highest BCUT2D eigenvalue weighted by Gasteiger charge is 2.42. The number of amides is 1. The number of rotatable bonds is 10. The van der Waals surface area contributed by atoms with Crippen LogP contribution in [0.4, 0.5) is 0 Å². The largest absolute Gasteiger partial charge is 0.336 e. The molecule has 2 heterocycles. The molecule has 0 fully saturated rings. The molecular weight excluding hydrogens is 458 g/mol. The number of nitrogens with two attached hydrogens (primary N) is 1. The van der Waals surface area contributed by atoms with Crippen molar-refractivity contribution in [3.05, 3.63) is 21.7 Å². The fourth-order valence-corrected chi connectivity index (χ4v) is 7.81. The third kappa shape index (κ3) is 5.47. The van der Waals surface area contributed by atoms with Gasteiger partial charge in [-0.25, -0.2) is 22.0 Å². The van der Waals surface area contributed by atoms with Crippen LogP contribution in [0.2, 0.25) is 0 Å². The molecule has 11 nitrogen and oxygen atoms in total. The predicted molar refractivity (Wildman–Crippen MR) is 108 cm³/mol. The maximum absolute atomic E-state index is 12.8. The summed E-state index contributed by atoms with van der Waals surface area (Å²) in [5.41, 5.74) is 0.289. The molecule has 1 aliphatic rings. The Bertz CT molecular complexity index is 1000. The fourth-order valence-electron chi connectivity index (χ4n) is 3.41. The summed E-state index contributed by atoms with van der Waals surface area (Å²) in [5, 5.41) is 13.7. The van der Waals surface area contributed by atoms with Gasteiger partial charge < -0.3 is 9.74 Å². The zero-order chi connectivity index (χ0) is 22.7. The highest BCUT2D eigenvalue weighted by Crippen LogP contribution is 2.45. The fraction of sp³-hybridized carbons (Fsp3) is 0.688. The zero-order valence-corrected chi connectivity index (χ0v) is 19.1. The lowest BCUT2D eigenvalue weighted by Crippen LogP contribution is -2.40. The van der Waals surface area contributed by atoms with Crippen molar-refractivity contribution < 1.29 is 31.6 Å². The first-order valence-corrected chi connectivity index (χ1v) is 13.3. The quantitative estimate of drug-likeness (QED) is 0.297. The van der Waals surface area contributed by atoms with Crippen LogP contribution in [0, 0.1) is 10.1 Å². The minimum Gasteiger partial charge on any atom is -0.336 e. The topological polar surface area (TPSA) is 167 Å². The Labute approximate surface area is 179 Å². The maximum Gasteiger partial charge on any atom is 0.294 e. The van der Waals surface area contributed by atoms with Gasteiger partial charge in [0.15, 0.2) is 9.84 Å². The van der Waals surface area contributed by atoms with Crippen molar-refractivity contribution in [2.45, 2.75) is 65.7 Å². The number of carbonyl (C=O) groups is 1. The smallest absolute Gasteiger partial charge is 0.294 e. The standard InChI is InChI=1S/C16H25N3O8S3/c1-3-18(14(20)7-5-4-6-8-27-19(21)22)13-9-11(2)29(23,24)16-12(13)10-15(28-16)30(17,25)26/h10-11,13H,3-9H2,1-2H3,(H2,17,25,26). The molecule has 2 atom stereocenters. The lowest BCUT2D eigenvalue weighted by Gasteiger charge is -2.36. The molecule has 2 unspecified atom stereocenters. The van der Waals surface area contributed by atoms with Crippen LogP contribution in [0.5, 0.6) is 0 Å². The summed E-state index contributed by atoms with van der Waals surface area (Å²) in [6, 6.07) is 0.689. The molecule has 2 N–H and O–H groups in total. The van der Waals surface area contributed by atoms with Crippen LogP contribution < -0.4 is 5.14 Å². The summed E-state index contributed by atoms with van der Waals surface area (Å²) in [6.07, 6.45) is 1.84. The second-order valence-corrected chi connectivity index (χ2v) is 12.4. The Kier molecular flexibility index (Phi) is 7.82. The van der Waals surface area contributed by atoms with E-state index in [1.54, 1.807) is 11.8 Å². The molecular formula is C16H25N3O8S3. The third-order valence-electron chi connectivity index (χ3n) is 4.95. The van der Waals surface area contributed by atoms with E-state index in [4.69, 9.17) is 5.14 Å². The molecule has 1 aliphatic heterocycles. The van der Waals surface area contributed by atoms with Gasteiger partial charge in [-0.05, 0) is 39.2 Å². The molecule has 170 valence electrons. The van der Waals surface area contributed by atoms with Crippen molar-refractivity contribution in [1.29, 1.82) is 0 Å². The van der Waals surface area contributed by atoms with E-state index < -0.39 is 36.2 Å². The van der Waals surface area contributed by atoms with E-state index in [-0.39, 0.29) is 39.3 Å². The molecule has 0 aromatic carbocycles. The Morgan fingerprint density at radius 1 is 1.40 bits per heavy atom. The van der Waals surface area contributed by atoms with Crippen LogP contribution in [0.1, 0.15) is 57.6 Å². The van der Waals surface area contributed by atoms with Crippen molar-refractivity contribution in [2.24, 2.45) is 5.14 Å². The highest BCUT2D eigenvalue weighted by molar-refractivity contribution is 7.95. The summed E-state index contributed by atoms with van der Waals surface area (Å²) >= 11 is 0.618. The second kappa shape index (κ2) is 9.58. The van der Waals surface area contributed by atoms with Crippen molar-refractivity contribution in [2.75, 3.05) is 13.2 Å². The number of carbonyl (C=O) groups excluding carboxylic acids is 1. The van der Waals surface area contributed by atoms with E-state index in [2.05, 4.69) is 4.84 Å². The van der Waals surface area contributed by atoms with Crippen molar-refractivity contribution in [3.8, 4) is 0 Å². The molecule has 2 rings (SSSR count). The van der Waals surface area contributed by atoms with E-state index in [9.17, 15) is 31.7 Å². The van der Waals surface area contributed by atoms with E-state index in [0.29, 0.717) is 37.1 Å².